The Bertz CT molecular complexity index is 450. The molecule has 1 amide bonds. The lowest BCUT2D eigenvalue weighted by atomic mass is 9.74. The van der Waals surface area contributed by atoms with Crippen LogP contribution in [0, 0.1) is 5.41 Å². The lowest BCUT2D eigenvalue weighted by Crippen LogP contribution is -2.51. The fourth-order valence-corrected chi connectivity index (χ4v) is 5.35. The molecule has 0 aromatic heterocycles. The maximum Gasteiger partial charge on any atom is 0.228 e. The lowest BCUT2D eigenvalue weighted by Gasteiger charge is -2.40. The van der Waals surface area contributed by atoms with Gasteiger partial charge in [-0.2, -0.15) is 0 Å². The van der Waals surface area contributed by atoms with Gasteiger partial charge in [-0.1, -0.05) is 13.3 Å². The van der Waals surface area contributed by atoms with Gasteiger partial charge in [-0.3, -0.25) is 4.79 Å². The van der Waals surface area contributed by atoms with Gasteiger partial charge in [0.2, 0.25) is 5.91 Å². The van der Waals surface area contributed by atoms with Crippen LogP contribution in [0.1, 0.15) is 39.0 Å². The minimum atomic E-state index is -2.94. The van der Waals surface area contributed by atoms with Crippen molar-refractivity contribution in [2.75, 3.05) is 31.6 Å². The SMILES string of the molecule is CCCC1(C(=O)N(C)C2CCS(=O)(=O)C2)CCNCC1. The topological polar surface area (TPSA) is 66.5 Å². The Morgan fingerprint density at radius 3 is 2.50 bits per heavy atom. The van der Waals surface area contributed by atoms with Gasteiger partial charge in [0.15, 0.2) is 9.84 Å². The van der Waals surface area contributed by atoms with E-state index in [2.05, 4.69) is 12.2 Å². The predicted octanol–water partition coefficient (Wildman–Crippen LogP) is 0.802. The van der Waals surface area contributed by atoms with Crippen LogP contribution in [0.3, 0.4) is 0 Å². The van der Waals surface area contributed by atoms with Gasteiger partial charge < -0.3 is 10.2 Å². The summed E-state index contributed by atoms with van der Waals surface area (Å²) in [5, 5.41) is 3.31. The summed E-state index contributed by atoms with van der Waals surface area (Å²) in [5.74, 6) is 0.510. The van der Waals surface area contributed by atoms with Crippen LogP contribution in [-0.4, -0.2) is 56.9 Å². The van der Waals surface area contributed by atoms with E-state index in [1.807, 2.05) is 0 Å². The van der Waals surface area contributed by atoms with Crippen LogP contribution in [0.2, 0.25) is 0 Å². The number of hydrogen-bond donors (Lipinski definition) is 1. The highest BCUT2D eigenvalue weighted by atomic mass is 32.2. The van der Waals surface area contributed by atoms with Gasteiger partial charge in [0.25, 0.3) is 0 Å². The zero-order chi connectivity index (χ0) is 14.8. The summed E-state index contributed by atoms with van der Waals surface area (Å²) in [6, 6.07) is -0.129. The minimum absolute atomic E-state index is 0.129. The number of nitrogens with zero attached hydrogens (tertiary/aromatic N) is 1. The van der Waals surface area contributed by atoms with Gasteiger partial charge in [0.05, 0.1) is 16.9 Å². The van der Waals surface area contributed by atoms with E-state index in [1.165, 1.54) is 0 Å². The number of piperidine rings is 1. The number of nitrogens with one attached hydrogen (secondary N) is 1. The molecule has 2 rings (SSSR count). The summed E-state index contributed by atoms with van der Waals surface area (Å²) < 4.78 is 23.2. The molecule has 2 aliphatic rings. The van der Waals surface area contributed by atoms with Crippen LogP contribution in [0.5, 0.6) is 0 Å². The van der Waals surface area contributed by atoms with E-state index in [4.69, 9.17) is 0 Å². The van der Waals surface area contributed by atoms with E-state index in [-0.39, 0.29) is 28.9 Å². The fourth-order valence-electron chi connectivity index (χ4n) is 3.58. The second kappa shape index (κ2) is 6.02. The first kappa shape index (κ1) is 15.8. The zero-order valence-corrected chi connectivity index (χ0v) is 13.3. The highest BCUT2D eigenvalue weighted by Gasteiger charge is 2.43. The molecule has 0 bridgehead atoms. The van der Waals surface area contributed by atoms with Crippen molar-refractivity contribution in [2.24, 2.45) is 5.41 Å². The summed E-state index contributed by atoms with van der Waals surface area (Å²) in [6.07, 6.45) is 4.21. The Hall–Kier alpha value is -0.620. The van der Waals surface area contributed by atoms with Crippen molar-refractivity contribution in [3.8, 4) is 0 Å². The quantitative estimate of drug-likeness (QED) is 0.834. The van der Waals surface area contributed by atoms with Crippen molar-refractivity contribution in [2.45, 2.75) is 45.1 Å². The van der Waals surface area contributed by atoms with Crippen LogP contribution < -0.4 is 5.32 Å². The minimum Gasteiger partial charge on any atom is -0.341 e. The summed E-state index contributed by atoms with van der Waals surface area (Å²) >= 11 is 0. The molecule has 0 aromatic carbocycles. The molecule has 2 aliphatic heterocycles. The van der Waals surface area contributed by atoms with Crippen LogP contribution in [-0.2, 0) is 14.6 Å². The monoisotopic (exact) mass is 302 g/mol. The van der Waals surface area contributed by atoms with Crippen LogP contribution >= 0.6 is 0 Å². The third-order valence-corrected chi connectivity index (χ3v) is 6.57. The molecule has 5 nitrogen and oxygen atoms in total. The van der Waals surface area contributed by atoms with Gasteiger partial charge in [-0.25, -0.2) is 8.42 Å². The van der Waals surface area contributed by atoms with Crippen molar-refractivity contribution in [3.05, 3.63) is 0 Å². The van der Waals surface area contributed by atoms with Crippen molar-refractivity contribution in [1.82, 2.24) is 10.2 Å². The Kier molecular flexibility index (Phi) is 4.74. The van der Waals surface area contributed by atoms with Crippen LogP contribution in [0.15, 0.2) is 0 Å². The maximum absolute atomic E-state index is 12.9. The van der Waals surface area contributed by atoms with Crippen LogP contribution in [0.25, 0.3) is 0 Å². The van der Waals surface area contributed by atoms with Gasteiger partial charge in [-0.15, -0.1) is 0 Å². The predicted molar refractivity (Wildman–Crippen MR) is 79.3 cm³/mol. The second-order valence-corrected chi connectivity index (χ2v) is 8.48. The van der Waals surface area contributed by atoms with Gasteiger partial charge in [0, 0.05) is 13.1 Å². The smallest absolute Gasteiger partial charge is 0.228 e. The first-order valence-electron chi connectivity index (χ1n) is 7.59. The van der Waals surface area contributed by atoms with Crippen molar-refractivity contribution >= 4 is 15.7 Å². The number of carbonyl (C=O) groups is 1. The lowest BCUT2D eigenvalue weighted by molar-refractivity contribution is -0.144. The van der Waals surface area contributed by atoms with Gasteiger partial charge in [0.1, 0.15) is 0 Å². The zero-order valence-electron chi connectivity index (χ0n) is 12.5. The highest BCUT2D eigenvalue weighted by molar-refractivity contribution is 7.91. The second-order valence-electron chi connectivity index (χ2n) is 6.25. The molecule has 0 spiro atoms. The van der Waals surface area contributed by atoms with E-state index in [0.29, 0.717) is 6.42 Å². The first-order chi connectivity index (χ1) is 9.40. The fraction of sp³-hybridized carbons (Fsp3) is 0.929. The molecule has 0 aromatic rings. The number of carbonyl (C=O) groups excluding carboxylic acids is 1. The molecule has 2 saturated heterocycles. The molecule has 2 fully saturated rings. The number of hydrogen-bond acceptors (Lipinski definition) is 4. The largest absolute Gasteiger partial charge is 0.341 e. The van der Waals surface area contributed by atoms with Crippen molar-refractivity contribution < 1.29 is 13.2 Å². The number of rotatable bonds is 4. The Balaban J connectivity index is 2.11. The molecule has 1 unspecified atom stereocenters. The average Bonchev–Trinajstić information content (AvgIpc) is 2.79. The third kappa shape index (κ3) is 3.17. The molecule has 116 valence electrons. The van der Waals surface area contributed by atoms with E-state index in [1.54, 1.807) is 11.9 Å². The molecule has 1 atom stereocenters. The molecule has 0 saturated carbocycles. The van der Waals surface area contributed by atoms with Gasteiger partial charge in [-0.05, 0) is 38.8 Å². The maximum atomic E-state index is 12.9. The number of sulfone groups is 1. The standard InChI is InChI=1S/C14H26N2O3S/c1-3-5-14(6-8-15-9-7-14)13(17)16(2)12-4-10-20(18,19)11-12/h12,15H,3-11H2,1-2H3. The summed E-state index contributed by atoms with van der Waals surface area (Å²) in [6.45, 7) is 3.86. The van der Waals surface area contributed by atoms with E-state index < -0.39 is 9.84 Å². The van der Waals surface area contributed by atoms with Gasteiger partial charge >= 0.3 is 0 Å². The normalized spacial score (nSPS) is 28.2. The van der Waals surface area contributed by atoms with E-state index in [9.17, 15) is 13.2 Å². The third-order valence-electron chi connectivity index (χ3n) is 4.82. The summed E-state index contributed by atoms with van der Waals surface area (Å²) in [7, 11) is -1.16. The summed E-state index contributed by atoms with van der Waals surface area (Å²) in [5.41, 5.74) is -0.277. The molecule has 0 aliphatic carbocycles. The van der Waals surface area contributed by atoms with Crippen molar-refractivity contribution in [1.29, 1.82) is 0 Å². The Labute approximate surface area is 122 Å². The molecule has 1 N–H and O–H groups in total. The average molecular weight is 302 g/mol. The van der Waals surface area contributed by atoms with E-state index >= 15 is 0 Å². The summed E-state index contributed by atoms with van der Waals surface area (Å²) in [4.78, 5) is 14.6. The van der Waals surface area contributed by atoms with Crippen LogP contribution in [0.4, 0.5) is 0 Å². The Morgan fingerprint density at radius 1 is 1.35 bits per heavy atom. The van der Waals surface area contributed by atoms with Crippen molar-refractivity contribution in [3.63, 3.8) is 0 Å². The molecule has 6 heteroatoms. The molecule has 20 heavy (non-hydrogen) atoms. The first-order valence-corrected chi connectivity index (χ1v) is 9.41. The molecule has 2 heterocycles. The molecular formula is C14H26N2O3S. The van der Waals surface area contributed by atoms with E-state index in [0.717, 1.165) is 38.8 Å². The molecular weight excluding hydrogens is 276 g/mol. The Morgan fingerprint density at radius 2 is 2.00 bits per heavy atom. The number of amides is 1. The molecule has 0 radical (unpaired) electrons. The highest BCUT2D eigenvalue weighted by Crippen LogP contribution is 2.37.